The summed E-state index contributed by atoms with van der Waals surface area (Å²) < 4.78 is 0. The first kappa shape index (κ1) is 17.6. The Labute approximate surface area is 131 Å². The Balaban J connectivity index is 2.62. The standard InChI is InChI=1S/C16H24N2O2S/c1-4-5-10-17-16(20)13-8-6-7-9-14(13)21-11-15(19)18-12(2)3/h6-9,12H,4-5,10-11H2,1-3H3,(H,17,20)(H,18,19). The lowest BCUT2D eigenvalue weighted by molar-refractivity contribution is -0.119. The number of benzene rings is 1. The fourth-order valence-corrected chi connectivity index (χ4v) is 2.62. The van der Waals surface area contributed by atoms with Crippen LogP contribution in [-0.4, -0.2) is 30.2 Å². The topological polar surface area (TPSA) is 58.2 Å². The average Bonchev–Trinajstić information content (AvgIpc) is 2.45. The zero-order valence-electron chi connectivity index (χ0n) is 12.9. The van der Waals surface area contributed by atoms with Crippen molar-refractivity contribution in [2.24, 2.45) is 0 Å². The number of amides is 2. The molecule has 21 heavy (non-hydrogen) atoms. The molecule has 0 spiro atoms. The fraction of sp³-hybridized carbons (Fsp3) is 0.500. The Hall–Kier alpha value is -1.49. The summed E-state index contributed by atoms with van der Waals surface area (Å²) in [5, 5.41) is 5.75. The molecule has 0 aliphatic rings. The molecule has 0 aliphatic carbocycles. The molecule has 4 nitrogen and oxygen atoms in total. The van der Waals surface area contributed by atoms with Crippen molar-refractivity contribution in [3.8, 4) is 0 Å². The maximum atomic E-state index is 12.1. The van der Waals surface area contributed by atoms with Crippen LogP contribution in [0.1, 0.15) is 44.0 Å². The first-order valence-electron chi connectivity index (χ1n) is 7.34. The third-order valence-corrected chi connectivity index (χ3v) is 3.83. The van der Waals surface area contributed by atoms with Gasteiger partial charge < -0.3 is 10.6 Å². The number of thioether (sulfide) groups is 1. The molecule has 116 valence electrons. The molecule has 0 saturated heterocycles. The summed E-state index contributed by atoms with van der Waals surface area (Å²) in [5.74, 6) is 0.226. The smallest absolute Gasteiger partial charge is 0.252 e. The Bertz CT molecular complexity index is 475. The number of hydrogen-bond acceptors (Lipinski definition) is 3. The number of rotatable bonds is 8. The monoisotopic (exact) mass is 308 g/mol. The minimum atomic E-state index is -0.0733. The second-order valence-corrected chi connectivity index (χ2v) is 6.13. The van der Waals surface area contributed by atoms with Crippen molar-refractivity contribution in [2.75, 3.05) is 12.3 Å². The van der Waals surface area contributed by atoms with Crippen molar-refractivity contribution < 1.29 is 9.59 Å². The molecule has 0 unspecified atom stereocenters. The van der Waals surface area contributed by atoms with Crippen LogP contribution in [0.25, 0.3) is 0 Å². The largest absolute Gasteiger partial charge is 0.353 e. The molecule has 0 fully saturated rings. The Morgan fingerprint density at radius 3 is 2.62 bits per heavy atom. The van der Waals surface area contributed by atoms with Crippen LogP contribution in [0.15, 0.2) is 29.2 Å². The highest BCUT2D eigenvalue weighted by Crippen LogP contribution is 2.22. The molecular weight excluding hydrogens is 284 g/mol. The van der Waals surface area contributed by atoms with Crippen molar-refractivity contribution in [3.05, 3.63) is 29.8 Å². The Kier molecular flexibility index (Phi) is 7.90. The Morgan fingerprint density at radius 2 is 1.95 bits per heavy atom. The van der Waals surface area contributed by atoms with E-state index >= 15 is 0 Å². The fourth-order valence-electron chi connectivity index (χ4n) is 1.76. The molecule has 0 heterocycles. The summed E-state index contributed by atoms with van der Waals surface area (Å²) in [7, 11) is 0. The maximum absolute atomic E-state index is 12.1. The van der Waals surface area contributed by atoms with Gasteiger partial charge in [-0.3, -0.25) is 9.59 Å². The van der Waals surface area contributed by atoms with Crippen molar-refractivity contribution in [3.63, 3.8) is 0 Å². The van der Waals surface area contributed by atoms with E-state index in [0.717, 1.165) is 17.7 Å². The van der Waals surface area contributed by atoms with Crippen molar-refractivity contribution in [1.29, 1.82) is 0 Å². The van der Waals surface area contributed by atoms with Crippen LogP contribution < -0.4 is 10.6 Å². The third-order valence-electron chi connectivity index (χ3n) is 2.76. The summed E-state index contributed by atoms with van der Waals surface area (Å²) in [6.07, 6.45) is 2.02. The summed E-state index contributed by atoms with van der Waals surface area (Å²) in [6, 6.07) is 7.52. The van der Waals surface area contributed by atoms with E-state index in [0.29, 0.717) is 17.9 Å². The lowest BCUT2D eigenvalue weighted by Gasteiger charge is -2.11. The van der Waals surface area contributed by atoms with E-state index in [4.69, 9.17) is 0 Å². The van der Waals surface area contributed by atoms with Gasteiger partial charge in [-0.25, -0.2) is 0 Å². The average molecular weight is 308 g/mol. The molecule has 2 amide bonds. The van der Waals surface area contributed by atoms with E-state index in [2.05, 4.69) is 17.6 Å². The van der Waals surface area contributed by atoms with Crippen LogP contribution in [0.5, 0.6) is 0 Å². The number of unbranched alkanes of at least 4 members (excludes halogenated alkanes) is 1. The summed E-state index contributed by atoms with van der Waals surface area (Å²) in [6.45, 7) is 6.63. The molecular formula is C16H24N2O2S. The first-order chi connectivity index (χ1) is 10.0. The van der Waals surface area contributed by atoms with Crippen molar-refractivity contribution in [1.82, 2.24) is 10.6 Å². The van der Waals surface area contributed by atoms with E-state index in [1.54, 1.807) is 6.07 Å². The van der Waals surface area contributed by atoms with Gasteiger partial charge >= 0.3 is 0 Å². The van der Waals surface area contributed by atoms with Crippen LogP contribution >= 0.6 is 11.8 Å². The minimum absolute atomic E-state index is 0.0174. The van der Waals surface area contributed by atoms with Crippen LogP contribution in [0.3, 0.4) is 0 Å². The van der Waals surface area contributed by atoms with Gasteiger partial charge in [0.15, 0.2) is 0 Å². The maximum Gasteiger partial charge on any atom is 0.252 e. The van der Waals surface area contributed by atoms with Gasteiger partial charge in [-0.15, -0.1) is 11.8 Å². The molecule has 5 heteroatoms. The van der Waals surface area contributed by atoms with Crippen LogP contribution in [0, 0.1) is 0 Å². The molecule has 1 aromatic carbocycles. The quantitative estimate of drug-likeness (QED) is 0.573. The number of hydrogen-bond donors (Lipinski definition) is 2. The van der Waals surface area contributed by atoms with E-state index in [1.807, 2.05) is 32.0 Å². The lowest BCUT2D eigenvalue weighted by Crippen LogP contribution is -2.31. The summed E-state index contributed by atoms with van der Waals surface area (Å²) >= 11 is 1.39. The van der Waals surface area contributed by atoms with Gasteiger partial charge in [-0.05, 0) is 32.4 Å². The predicted molar refractivity (Wildman–Crippen MR) is 87.7 cm³/mol. The highest BCUT2D eigenvalue weighted by Gasteiger charge is 2.12. The molecule has 0 saturated carbocycles. The second-order valence-electron chi connectivity index (χ2n) is 5.12. The highest BCUT2D eigenvalue weighted by molar-refractivity contribution is 8.00. The lowest BCUT2D eigenvalue weighted by atomic mass is 10.2. The molecule has 1 rings (SSSR count). The van der Waals surface area contributed by atoms with Crippen molar-refractivity contribution >= 4 is 23.6 Å². The molecule has 0 aromatic heterocycles. The van der Waals surface area contributed by atoms with Gasteiger partial charge in [0.25, 0.3) is 5.91 Å². The molecule has 0 radical (unpaired) electrons. The second kappa shape index (κ2) is 9.45. The highest BCUT2D eigenvalue weighted by atomic mass is 32.2. The number of carbonyl (C=O) groups is 2. The van der Waals surface area contributed by atoms with Gasteiger partial charge in [0.2, 0.25) is 5.91 Å². The van der Waals surface area contributed by atoms with Gasteiger partial charge in [0, 0.05) is 17.5 Å². The van der Waals surface area contributed by atoms with E-state index in [-0.39, 0.29) is 17.9 Å². The van der Waals surface area contributed by atoms with Crippen LogP contribution in [0.4, 0.5) is 0 Å². The predicted octanol–water partition coefficient (Wildman–Crippen LogP) is 2.83. The van der Waals surface area contributed by atoms with Crippen molar-refractivity contribution in [2.45, 2.75) is 44.6 Å². The molecule has 0 atom stereocenters. The van der Waals surface area contributed by atoms with Gasteiger partial charge in [0.1, 0.15) is 0 Å². The summed E-state index contributed by atoms with van der Waals surface area (Å²) in [5.41, 5.74) is 0.635. The minimum Gasteiger partial charge on any atom is -0.353 e. The van der Waals surface area contributed by atoms with Crippen LogP contribution in [0.2, 0.25) is 0 Å². The number of carbonyl (C=O) groups excluding carboxylic acids is 2. The van der Waals surface area contributed by atoms with Gasteiger partial charge in [-0.1, -0.05) is 25.5 Å². The normalized spacial score (nSPS) is 10.5. The first-order valence-corrected chi connectivity index (χ1v) is 8.32. The zero-order valence-corrected chi connectivity index (χ0v) is 13.8. The van der Waals surface area contributed by atoms with E-state index in [9.17, 15) is 9.59 Å². The third kappa shape index (κ3) is 6.67. The number of nitrogens with one attached hydrogen (secondary N) is 2. The van der Waals surface area contributed by atoms with E-state index < -0.39 is 0 Å². The van der Waals surface area contributed by atoms with Gasteiger partial charge in [-0.2, -0.15) is 0 Å². The summed E-state index contributed by atoms with van der Waals surface area (Å²) in [4.78, 5) is 24.7. The van der Waals surface area contributed by atoms with Gasteiger partial charge in [0.05, 0.1) is 11.3 Å². The molecule has 0 aliphatic heterocycles. The zero-order chi connectivity index (χ0) is 15.7. The molecule has 2 N–H and O–H groups in total. The van der Waals surface area contributed by atoms with E-state index in [1.165, 1.54) is 11.8 Å². The Morgan fingerprint density at radius 1 is 1.24 bits per heavy atom. The molecule has 0 bridgehead atoms. The van der Waals surface area contributed by atoms with Crippen LogP contribution in [-0.2, 0) is 4.79 Å². The molecule has 1 aromatic rings. The SMILES string of the molecule is CCCCNC(=O)c1ccccc1SCC(=O)NC(C)C.